The average Bonchev–Trinajstić information content (AvgIpc) is 2.65. The standard InChI is InChI=1S/C19H15N3O2/c23-11-10-21-19(24)15-8-7-14-6-4-12-3-5-13-2-1-9-20-17(13)16(12)18(14)22-15/h1-9,23H,10-11H2,(H,21,24). The zero-order valence-electron chi connectivity index (χ0n) is 12.9. The molecular formula is C19H15N3O2. The number of aliphatic hydroxyl groups is 1. The summed E-state index contributed by atoms with van der Waals surface area (Å²) in [5, 5.41) is 15.5. The van der Waals surface area contributed by atoms with Gasteiger partial charge >= 0.3 is 0 Å². The molecule has 0 aliphatic rings. The zero-order chi connectivity index (χ0) is 16.5. The number of aliphatic hydroxyl groups excluding tert-OH is 1. The molecule has 2 aromatic carbocycles. The average molecular weight is 317 g/mol. The molecule has 0 saturated heterocycles. The van der Waals surface area contributed by atoms with Gasteiger partial charge in [0.1, 0.15) is 5.69 Å². The topological polar surface area (TPSA) is 75.1 Å². The molecule has 4 rings (SSSR count). The summed E-state index contributed by atoms with van der Waals surface area (Å²) in [4.78, 5) is 21.2. The fraction of sp³-hybridized carbons (Fsp3) is 0.105. The Kier molecular flexibility index (Phi) is 3.55. The van der Waals surface area contributed by atoms with Crippen LogP contribution >= 0.6 is 0 Å². The van der Waals surface area contributed by atoms with Crippen LogP contribution in [0.15, 0.2) is 54.7 Å². The first-order valence-electron chi connectivity index (χ1n) is 7.74. The number of carbonyl (C=O) groups excluding carboxylic acids is 1. The number of rotatable bonds is 3. The summed E-state index contributed by atoms with van der Waals surface area (Å²) in [6.45, 7) is 0.107. The van der Waals surface area contributed by atoms with Gasteiger partial charge in [-0.2, -0.15) is 0 Å². The molecule has 0 aliphatic heterocycles. The van der Waals surface area contributed by atoms with Crippen LogP contribution < -0.4 is 5.32 Å². The van der Waals surface area contributed by atoms with Gasteiger partial charge in [0.05, 0.1) is 17.6 Å². The summed E-state index contributed by atoms with van der Waals surface area (Å²) >= 11 is 0. The molecule has 4 aromatic rings. The second-order valence-corrected chi connectivity index (χ2v) is 5.55. The Morgan fingerprint density at radius 3 is 2.46 bits per heavy atom. The van der Waals surface area contributed by atoms with Crippen molar-refractivity contribution in [1.82, 2.24) is 15.3 Å². The first kappa shape index (κ1) is 14.5. The molecule has 0 atom stereocenters. The molecule has 5 nitrogen and oxygen atoms in total. The van der Waals surface area contributed by atoms with Crippen LogP contribution in [0.5, 0.6) is 0 Å². The molecule has 0 saturated carbocycles. The number of benzene rings is 2. The van der Waals surface area contributed by atoms with E-state index in [1.807, 2.05) is 42.5 Å². The highest BCUT2D eigenvalue weighted by Crippen LogP contribution is 2.29. The van der Waals surface area contributed by atoms with Crippen molar-refractivity contribution in [3.8, 4) is 0 Å². The summed E-state index contributed by atoms with van der Waals surface area (Å²) in [6.07, 6.45) is 1.76. The number of nitrogens with one attached hydrogen (secondary N) is 1. The Balaban J connectivity index is 2.01. The van der Waals surface area contributed by atoms with E-state index in [0.29, 0.717) is 5.69 Å². The predicted molar refractivity (Wildman–Crippen MR) is 94.0 cm³/mol. The highest BCUT2D eigenvalue weighted by molar-refractivity contribution is 6.17. The van der Waals surface area contributed by atoms with Gasteiger partial charge in [-0.15, -0.1) is 0 Å². The van der Waals surface area contributed by atoms with Crippen molar-refractivity contribution in [2.45, 2.75) is 0 Å². The Labute approximate surface area is 138 Å². The first-order valence-corrected chi connectivity index (χ1v) is 7.74. The minimum Gasteiger partial charge on any atom is -0.395 e. The lowest BCUT2D eigenvalue weighted by Gasteiger charge is -2.08. The van der Waals surface area contributed by atoms with E-state index in [0.717, 1.165) is 32.6 Å². The molecule has 0 aliphatic carbocycles. The number of aromatic nitrogens is 2. The molecule has 118 valence electrons. The van der Waals surface area contributed by atoms with Crippen LogP contribution in [0.2, 0.25) is 0 Å². The van der Waals surface area contributed by atoms with E-state index in [1.165, 1.54) is 0 Å². The van der Waals surface area contributed by atoms with Crippen LogP contribution in [0.25, 0.3) is 32.6 Å². The third-order valence-corrected chi connectivity index (χ3v) is 4.04. The molecule has 2 aromatic heterocycles. The van der Waals surface area contributed by atoms with Crippen LogP contribution in [-0.2, 0) is 0 Å². The Morgan fingerprint density at radius 1 is 0.958 bits per heavy atom. The summed E-state index contributed by atoms with van der Waals surface area (Å²) in [5.41, 5.74) is 1.96. The van der Waals surface area contributed by atoms with Gasteiger partial charge in [-0.1, -0.05) is 36.4 Å². The van der Waals surface area contributed by atoms with Crippen molar-refractivity contribution in [3.05, 3.63) is 60.4 Å². The maximum absolute atomic E-state index is 12.1. The van der Waals surface area contributed by atoms with E-state index in [4.69, 9.17) is 5.11 Å². The van der Waals surface area contributed by atoms with Crippen molar-refractivity contribution in [2.75, 3.05) is 13.2 Å². The molecule has 2 N–H and O–H groups in total. The summed E-state index contributed by atoms with van der Waals surface area (Å²) in [5.74, 6) is -0.295. The highest BCUT2D eigenvalue weighted by Gasteiger charge is 2.11. The number of hydrogen-bond acceptors (Lipinski definition) is 4. The van der Waals surface area contributed by atoms with E-state index >= 15 is 0 Å². The lowest BCUT2D eigenvalue weighted by Crippen LogP contribution is -2.27. The normalized spacial score (nSPS) is 11.2. The van der Waals surface area contributed by atoms with Gasteiger partial charge in [0.2, 0.25) is 0 Å². The molecule has 0 spiro atoms. The van der Waals surface area contributed by atoms with E-state index in [-0.39, 0.29) is 19.1 Å². The Bertz CT molecular complexity index is 1070. The first-order chi connectivity index (χ1) is 11.8. The van der Waals surface area contributed by atoms with Crippen molar-refractivity contribution in [1.29, 1.82) is 0 Å². The van der Waals surface area contributed by atoms with Crippen molar-refractivity contribution >= 4 is 38.5 Å². The van der Waals surface area contributed by atoms with E-state index < -0.39 is 0 Å². The lowest BCUT2D eigenvalue weighted by atomic mass is 10.0. The number of fused-ring (bicyclic) bond motifs is 5. The number of hydrogen-bond donors (Lipinski definition) is 2. The van der Waals surface area contributed by atoms with Gasteiger partial charge in [0, 0.05) is 28.9 Å². The fourth-order valence-electron chi connectivity index (χ4n) is 2.92. The van der Waals surface area contributed by atoms with Gasteiger partial charge in [-0.05, 0) is 17.5 Å². The van der Waals surface area contributed by atoms with Crippen molar-refractivity contribution in [3.63, 3.8) is 0 Å². The maximum Gasteiger partial charge on any atom is 0.269 e. The van der Waals surface area contributed by atoms with Crippen molar-refractivity contribution < 1.29 is 9.90 Å². The van der Waals surface area contributed by atoms with Crippen LogP contribution in [-0.4, -0.2) is 34.1 Å². The molecule has 0 bridgehead atoms. The second kappa shape index (κ2) is 5.86. The fourth-order valence-corrected chi connectivity index (χ4v) is 2.92. The quantitative estimate of drug-likeness (QED) is 0.570. The van der Waals surface area contributed by atoms with Gasteiger partial charge < -0.3 is 10.4 Å². The Morgan fingerprint density at radius 2 is 1.67 bits per heavy atom. The summed E-state index contributed by atoms with van der Waals surface area (Å²) < 4.78 is 0. The number of carbonyl (C=O) groups is 1. The van der Waals surface area contributed by atoms with Gasteiger partial charge in [0.25, 0.3) is 5.91 Å². The second-order valence-electron chi connectivity index (χ2n) is 5.55. The zero-order valence-corrected chi connectivity index (χ0v) is 12.9. The largest absolute Gasteiger partial charge is 0.395 e. The summed E-state index contributed by atoms with van der Waals surface area (Å²) in [7, 11) is 0. The third kappa shape index (κ3) is 2.35. The maximum atomic E-state index is 12.1. The van der Waals surface area contributed by atoms with Gasteiger partial charge in [0.15, 0.2) is 0 Å². The van der Waals surface area contributed by atoms with E-state index in [1.54, 1.807) is 12.3 Å². The minimum absolute atomic E-state index is 0.100. The van der Waals surface area contributed by atoms with Crippen LogP contribution in [0.4, 0.5) is 0 Å². The summed E-state index contributed by atoms with van der Waals surface area (Å²) in [6, 6.07) is 15.6. The van der Waals surface area contributed by atoms with E-state index in [9.17, 15) is 4.79 Å². The number of nitrogens with zero attached hydrogens (tertiary/aromatic N) is 2. The van der Waals surface area contributed by atoms with Gasteiger partial charge in [-0.25, -0.2) is 4.98 Å². The van der Waals surface area contributed by atoms with E-state index in [2.05, 4.69) is 15.3 Å². The molecule has 0 unspecified atom stereocenters. The highest BCUT2D eigenvalue weighted by atomic mass is 16.3. The molecule has 0 radical (unpaired) electrons. The molecule has 1 amide bonds. The molecular weight excluding hydrogens is 302 g/mol. The van der Waals surface area contributed by atoms with Crippen LogP contribution in [0.3, 0.4) is 0 Å². The molecule has 24 heavy (non-hydrogen) atoms. The lowest BCUT2D eigenvalue weighted by molar-refractivity contribution is 0.0940. The number of pyridine rings is 2. The molecule has 5 heteroatoms. The molecule has 2 heterocycles. The smallest absolute Gasteiger partial charge is 0.269 e. The van der Waals surface area contributed by atoms with Crippen LogP contribution in [0.1, 0.15) is 10.5 Å². The van der Waals surface area contributed by atoms with Crippen molar-refractivity contribution in [2.24, 2.45) is 0 Å². The SMILES string of the molecule is O=C(NCCO)c1ccc2ccc3ccc4cccnc4c3c2n1. The predicted octanol–water partition coefficient (Wildman–Crippen LogP) is 2.66. The minimum atomic E-state index is -0.295. The monoisotopic (exact) mass is 317 g/mol. The molecule has 0 fully saturated rings. The third-order valence-electron chi connectivity index (χ3n) is 4.04. The van der Waals surface area contributed by atoms with Gasteiger partial charge in [-0.3, -0.25) is 9.78 Å². The van der Waals surface area contributed by atoms with Crippen LogP contribution in [0, 0.1) is 0 Å². The number of amides is 1. The Hall–Kier alpha value is -3.05.